The first-order valence-corrected chi connectivity index (χ1v) is 9.38. The van der Waals surface area contributed by atoms with Crippen LogP contribution in [0.15, 0.2) is 4.79 Å². The highest BCUT2D eigenvalue weighted by Crippen LogP contribution is 2.27. The molecule has 1 aliphatic carbocycles. The van der Waals surface area contributed by atoms with Crippen LogP contribution >= 0.6 is 0 Å². The maximum Gasteiger partial charge on any atom is 0.255 e. The number of anilines is 1. The van der Waals surface area contributed by atoms with Crippen LogP contribution in [-0.2, 0) is 17.8 Å². The van der Waals surface area contributed by atoms with Gasteiger partial charge in [-0.3, -0.25) is 14.6 Å². The Hall–Kier alpha value is -1.85. The molecule has 3 heterocycles. The Balaban J connectivity index is 1.54. The SMILES string of the molecule is O=C(C1CCCCC1)N1CCc2c(nc(N3CCCC3)[nH]c2=O)C1. The predicted molar refractivity (Wildman–Crippen MR) is 92.0 cm³/mol. The summed E-state index contributed by atoms with van der Waals surface area (Å²) in [6.45, 7) is 3.05. The third-order valence-electron chi connectivity index (χ3n) is 5.73. The zero-order valence-corrected chi connectivity index (χ0v) is 14.2. The Labute approximate surface area is 142 Å². The van der Waals surface area contributed by atoms with Crippen LogP contribution in [0, 0.1) is 5.92 Å². The van der Waals surface area contributed by atoms with Gasteiger partial charge >= 0.3 is 0 Å². The second-order valence-corrected chi connectivity index (χ2v) is 7.35. The lowest BCUT2D eigenvalue weighted by Crippen LogP contribution is -2.42. The van der Waals surface area contributed by atoms with Crippen LogP contribution in [0.1, 0.15) is 56.2 Å². The summed E-state index contributed by atoms with van der Waals surface area (Å²) in [6.07, 6.45) is 8.53. The number of H-pyrrole nitrogens is 1. The van der Waals surface area contributed by atoms with E-state index < -0.39 is 0 Å². The molecule has 2 fully saturated rings. The Morgan fingerprint density at radius 1 is 1.04 bits per heavy atom. The molecular formula is C18H26N4O2. The number of aromatic nitrogens is 2. The van der Waals surface area contributed by atoms with Crippen LogP contribution < -0.4 is 10.5 Å². The average Bonchev–Trinajstić information content (AvgIpc) is 3.16. The van der Waals surface area contributed by atoms with Gasteiger partial charge in [0.25, 0.3) is 5.56 Å². The number of hydrogen-bond donors (Lipinski definition) is 1. The van der Waals surface area contributed by atoms with Crippen molar-refractivity contribution in [1.82, 2.24) is 14.9 Å². The van der Waals surface area contributed by atoms with Crippen LogP contribution in [0.2, 0.25) is 0 Å². The number of rotatable bonds is 2. The van der Waals surface area contributed by atoms with Gasteiger partial charge < -0.3 is 9.80 Å². The first-order valence-electron chi connectivity index (χ1n) is 9.38. The highest BCUT2D eigenvalue weighted by atomic mass is 16.2. The third kappa shape index (κ3) is 2.94. The van der Waals surface area contributed by atoms with Gasteiger partial charge in [0.15, 0.2) is 0 Å². The summed E-state index contributed by atoms with van der Waals surface area (Å²) in [4.78, 5) is 36.9. The molecule has 1 saturated heterocycles. The molecule has 3 aliphatic rings. The van der Waals surface area contributed by atoms with Crippen molar-refractivity contribution in [3.8, 4) is 0 Å². The minimum Gasteiger partial charge on any atom is -0.342 e. The smallest absolute Gasteiger partial charge is 0.255 e. The second-order valence-electron chi connectivity index (χ2n) is 7.35. The maximum atomic E-state index is 12.8. The monoisotopic (exact) mass is 330 g/mol. The van der Waals surface area contributed by atoms with Crippen LogP contribution in [0.3, 0.4) is 0 Å². The van der Waals surface area contributed by atoms with Gasteiger partial charge in [-0.2, -0.15) is 0 Å². The van der Waals surface area contributed by atoms with E-state index in [1.54, 1.807) is 0 Å². The van der Waals surface area contributed by atoms with Crippen LogP contribution in [0.4, 0.5) is 5.95 Å². The lowest BCUT2D eigenvalue weighted by molar-refractivity contribution is -0.137. The van der Waals surface area contributed by atoms with Crippen LogP contribution in [0.5, 0.6) is 0 Å². The van der Waals surface area contributed by atoms with Crippen molar-refractivity contribution < 1.29 is 4.79 Å². The van der Waals surface area contributed by atoms with E-state index in [0.717, 1.165) is 62.9 Å². The number of fused-ring (bicyclic) bond motifs is 1. The zero-order valence-electron chi connectivity index (χ0n) is 14.2. The van der Waals surface area contributed by atoms with E-state index in [1.165, 1.54) is 6.42 Å². The van der Waals surface area contributed by atoms with Gasteiger partial charge in [-0.05, 0) is 32.1 Å². The Bertz CT molecular complexity index is 672. The predicted octanol–water partition coefficient (Wildman–Crippen LogP) is 1.84. The number of carbonyl (C=O) groups is 1. The first-order chi connectivity index (χ1) is 11.7. The van der Waals surface area contributed by atoms with Gasteiger partial charge in [0, 0.05) is 31.1 Å². The van der Waals surface area contributed by atoms with E-state index in [1.807, 2.05) is 4.90 Å². The molecule has 1 aromatic heterocycles. The number of aromatic amines is 1. The van der Waals surface area contributed by atoms with Crippen molar-refractivity contribution in [1.29, 1.82) is 0 Å². The minimum atomic E-state index is -0.0216. The molecule has 24 heavy (non-hydrogen) atoms. The molecule has 0 aromatic carbocycles. The summed E-state index contributed by atoms with van der Waals surface area (Å²) < 4.78 is 0. The summed E-state index contributed by atoms with van der Waals surface area (Å²) in [5, 5.41) is 0. The summed E-state index contributed by atoms with van der Waals surface area (Å²) in [5.74, 6) is 1.13. The Kier molecular flexibility index (Phi) is 4.29. The summed E-state index contributed by atoms with van der Waals surface area (Å²) in [5.41, 5.74) is 1.55. The molecule has 2 aliphatic heterocycles. The summed E-state index contributed by atoms with van der Waals surface area (Å²) >= 11 is 0. The fraction of sp³-hybridized carbons (Fsp3) is 0.722. The van der Waals surface area contributed by atoms with E-state index >= 15 is 0 Å². The highest BCUT2D eigenvalue weighted by molar-refractivity contribution is 5.79. The topological polar surface area (TPSA) is 69.3 Å². The molecule has 6 heteroatoms. The van der Waals surface area contributed by atoms with Gasteiger partial charge in [0.2, 0.25) is 11.9 Å². The van der Waals surface area contributed by atoms with E-state index in [9.17, 15) is 9.59 Å². The maximum absolute atomic E-state index is 12.8. The number of amides is 1. The number of nitrogens with one attached hydrogen (secondary N) is 1. The van der Waals surface area contributed by atoms with Crippen molar-refractivity contribution in [2.24, 2.45) is 5.92 Å². The van der Waals surface area contributed by atoms with Crippen molar-refractivity contribution in [3.05, 3.63) is 21.6 Å². The third-order valence-corrected chi connectivity index (χ3v) is 5.73. The molecule has 1 saturated carbocycles. The summed E-state index contributed by atoms with van der Waals surface area (Å²) in [7, 11) is 0. The molecule has 1 N–H and O–H groups in total. The van der Waals surface area contributed by atoms with Crippen LogP contribution in [-0.4, -0.2) is 40.4 Å². The Morgan fingerprint density at radius 2 is 1.79 bits per heavy atom. The van der Waals surface area contributed by atoms with Gasteiger partial charge in [0.05, 0.1) is 12.2 Å². The molecular weight excluding hydrogens is 304 g/mol. The van der Waals surface area contributed by atoms with Crippen LogP contribution in [0.25, 0.3) is 0 Å². The van der Waals surface area contributed by atoms with E-state index in [-0.39, 0.29) is 17.4 Å². The number of nitrogens with zero attached hydrogens (tertiary/aromatic N) is 3. The highest BCUT2D eigenvalue weighted by Gasteiger charge is 2.30. The number of carbonyl (C=O) groups excluding carboxylic acids is 1. The molecule has 0 spiro atoms. The quantitative estimate of drug-likeness (QED) is 0.898. The normalized spacial score (nSPS) is 21.8. The molecule has 1 aromatic rings. The lowest BCUT2D eigenvalue weighted by atomic mass is 9.88. The number of hydrogen-bond acceptors (Lipinski definition) is 4. The van der Waals surface area contributed by atoms with Gasteiger partial charge in [-0.15, -0.1) is 0 Å². The van der Waals surface area contributed by atoms with Gasteiger partial charge in [-0.1, -0.05) is 19.3 Å². The molecule has 0 radical (unpaired) electrons. The fourth-order valence-corrected chi connectivity index (χ4v) is 4.30. The molecule has 0 unspecified atom stereocenters. The zero-order chi connectivity index (χ0) is 16.5. The fourth-order valence-electron chi connectivity index (χ4n) is 4.30. The molecule has 0 bridgehead atoms. The van der Waals surface area contributed by atoms with Gasteiger partial charge in [0.1, 0.15) is 0 Å². The van der Waals surface area contributed by atoms with E-state index in [4.69, 9.17) is 4.98 Å². The van der Waals surface area contributed by atoms with Crippen molar-refractivity contribution >= 4 is 11.9 Å². The second kappa shape index (κ2) is 6.57. The lowest BCUT2D eigenvalue weighted by Gasteiger charge is -2.32. The minimum absolute atomic E-state index is 0.0216. The van der Waals surface area contributed by atoms with Crippen molar-refractivity contribution in [2.75, 3.05) is 24.5 Å². The summed E-state index contributed by atoms with van der Waals surface area (Å²) in [6, 6.07) is 0. The average molecular weight is 330 g/mol. The van der Waals surface area contributed by atoms with E-state index in [0.29, 0.717) is 25.5 Å². The first kappa shape index (κ1) is 15.7. The van der Waals surface area contributed by atoms with Crippen molar-refractivity contribution in [3.63, 3.8) is 0 Å². The Morgan fingerprint density at radius 3 is 2.54 bits per heavy atom. The largest absolute Gasteiger partial charge is 0.342 e. The van der Waals surface area contributed by atoms with E-state index in [2.05, 4.69) is 9.88 Å². The molecule has 6 nitrogen and oxygen atoms in total. The van der Waals surface area contributed by atoms with Gasteiger partial charge in [-0.25, -0.2) is 4.98 Å². The molecule has 1 amide bonds. The van der Waals surface area contributed by atoms with Crippen molar-refractivity contribution in [2.45, 2.75) is 57.9 Å². The molecule has 4 rings (SSSR count). The molecule has 0 atom stereocenters. The molecule has 130 valence electrons. The standard InChI is InChI=1S/C18H26N4O2/c23-16-14-8-11-22(17(24)13-6-2-1-3-7-13)12-15(14)19-18(20-16)21-9-4-5-10-21/h13H,1-12H2,(H,19,20,23).